The molecule has 0 saturated carbocycles. The van der Waals surface area contributed by atoms with E-state index in [-0.39, 0.29) is 31.3 Å². The summed E-state index contributed by atoms with van der Waals surface area (Å²) in [5.41, 5.74) is 0. The summed E-state index contributed by atoms with van der Waals surface area (Å²) < 4.78 is 0. The average Bonchev–Trinajstić information content (AvgIpc) is 2.39. The number of nitrogens with zero attached hydrogens (tertiary/aromatic N) is 1. The fraction of sp³-hybridized carbons (Fsp3) is 0.786. The number of urea groups is 1. The Morgan fingerprint density at radius 3 is 2.24 bits per heavy atom. The molecule has 1 atom stereocenters. The quantitative estimate of drug-likeness (QED) is 0.564. The molecule has 7 nitrogen and oxygen atoms in total. The summed E-state index contributed by atoms with van der Waals surface area (Å²) >= 11 is 0. The summed E-state index contributed by atoms with van der Waals surface area (Å²) in [6.07, 6.45) is 1.54. The maximum Gasteiger partial charge on any atom is 0.315 e. The smallest absolute Gasteiger partial charge is 0.315 e. The number of hydrogen-bond acceptors (Lipinski definition) is 3. The van der Waals surface area contributed by atoms with Gasteiger partial charge in [-0.25, -0.2) is 4.79 Å². The number of hydrogen-bond donors (Lipinski definition) is 3. The van der Waals surface area contributed by atoms with Gasteiger partial charge in [0.05, 0.1) is 6.42 Å². The molecule has 1 unspecified atom stereocenters. The molecule has 3 N–H and O–H groups in total. The van der Waals surface area contributed by atoms with Crippen molar-refractivity contribution in [1.29, 1.82) is 0 Å². The van der Waals surface area contributed by atoms with Crippen molar-refractivity contribution in [3.63, 3.8) is 0 Å². The predicted molar refractivity (Wildman–Crippen MR) is 80.0 cm³/mol. The highest BCUT2D eigenvalue weighted by molar-refractivity contribution is 5.78. The standard InChI is InChI=1S/C14H27N3O4/c1-4-7-11(10-13(19)20)16-14(21)15-9-8-12(18)17(5-2)6-3/h11H,4-10H2,1-3H3,(H,19,20)(H2,15,16,21). The van der Waals surface area contributed by atoms with Crippen LogP contribution in [0.15, 0.2) is 0 Å². The van der Waals surface area contributed by atoms with Crippen molar-refractivity contribution in [2.24, 2.45) is 0 Å². The minimum absolute atomic E-state index is 0.00376. The Morgan fingerprint density at radius 2 is 1.76 bits per heavy atom. The van der Waals surface area contributed by atoms with Crippen molar-refractivity contribution >= 4 is 17.9 Å². The van der Waals surface area contributed by atoms with Crippen LogP contribution in [0.3, 0.4) is 0 Å². The Kier molecular flexibility index (Phi) is 10.0. The maximum absolute atomic E-state index is 11.7. The average molecular weight is 301 g/mol. The lowest BCUT2D eigenvalue weighted by Gasteiger charge is -2.19. The number of carbonyl (C=O) groups excluding carboxylic acids is 2. The van der Waals surface area contributed by atoms with Crippen LogP contribution in [0.4, 0.5) is 4.79 Å². The summed E-state index contributed by atoms with van der Waals surface area (Å²) in [5.74, 6) is -0.943. The molecule has 3 amide bonds. The van der Waals surface area contributed by atoms with Gasteiger partial charge in [-0.3, -0.25) is 9.59 Å². The molecule has 0 rings (SSSR count). The van der Waals surface area contributed by atoms with Crippen LogP contribution >= 0.6 is 0 Å². The molecule has 0 aromatic heterocycles. The zero-order valence-electron chi connectivity index (χ0n) is 13.1. The molecule has 0 aromatic rings. The molecule has 0 aliphatic carbocycles. The monoisotopic (exact) mass is 301 g/mol. The molecule has 0 heterocycles. The number of carbonyl (C=O) groups is 3. The topological polar surface area (TPSA) is 98.7 Å². The van der Waals surface area contributed by atoms with Gasteiger partial charge >= 0.3 is 12.0 Å². The van der Waals surface area contributed by atoms with Crippen LogP contribution in [0.1, 0.15) is 46.5 Å². The van der Waals surface area contributed by atoms with Crippen molar-refractivity contribution in [2.75, 3.05) is 19.6 Å². The molecular formula is C14H27N3O4. The highest BCUT2D eigenvalue weighted by Gasteiger charge is 2.15. The van der Waals surface area contributed by atoms with Crippen LogP contribution in [-0.2, 0) is 9.59 Å². The lowest BCUT2D eigenvalue weighted by atomic mass is 10.1. The lowest BCUT2D eigenvalue weighted by molar-refractivity contribution is -0.137. The molecule has 0 aromatic carbocycles. The molecule has 0 fully saturated rings. The van der Waals surface area contributed by atoms with Crippen molar-refractivity contribution in [3.8, 4) is 0 Å². The number of nitrogens with one attached hydrogen (secondary N) is 2. The third-order valence-corrected chi connectivity index (χ3v) is 3.13. The predicted octanol–water partition coefficient (Wildman–Crippen LogP) is 1.19. The first-order chi connectivity index (χ1) is 9.94. The molecule has 0 aliphatic rings. The Morgan fingerprint density at radius 1 is 1.14 bits per heavy atom. The Labute approximate surface area is 126 Å². The number of amides is 3. The van der Waals surface area contributed by atoms with Crippen LogP contribution in [-0.4, -0.2) is 53.6 Å². The molecule has 0 bridgehead atoms. The van der Waals surface area contributed by atoms with Gasteiger partial charge in [0, 0.05) is 32.1 Å². The number of rotatable bonds is 10. The number of carboxylic acids is 1. The van der Waals surface area contributed by atoms with Gasteiger partial charge in [-0.15, -0.1) is 0 Å². The van der Waals surface area contributed by atoms with Crippen LogP contribution in [0.5, 0.6) is 0 Å². The molecule has 7 heteroatoms. The third kappa shape index (κ3) is 8.88. The fourth-order valence-corrected chi connectivity index (χ4v) is 2.04. The zero-order chi connectivity index (χ0) is 16.3. The van der Waals surface area contributed by atoms with Crippen LogP contribution in [0.25, 0.3) is 0 Å². The Bertz CT molecular complexity index is 343. The van der Waals surface area contributed by atoms with E-state index in [9.17, 15) is 14.4 Å². The van der Waals surface area contributed by atoms with Gasteiger partial charge in [0.2, 0.25) is 5.91 Å². The number of aliphatic carboxylic acids is 1. The third-order valence-electron chi connectivity index (χ3n) is 3.13. The zero-order valence-corrected chi connectivity index (χ0v) is 13.1. The second-order valence-corrected chi connectivity index (χ2v) is 4.80. The highest BCUT2D eigenvalue weighted by Crippen LogP contribution is 2.01. The molecule has 0 radical (unpaired) electrons. The largest absolute Gasteiger partial charge is 0.481 e. The van der Waals surface area contributed by atoms with Crippen molar-refractivity contribution in [1.82, 2.24) is 15.5 Å². The highest BCUT2D eigenvalue weighted by atomic mass is 16.4. The van der Waals surface area contributed by atoms with Gasteiger partial charge in [-0.1, -0.05) is 13.3 Å². The summed E-state index contributed by atoms with van der Waals surface area (Å²) in [5, 5.41) is 14.0. The number of carboxylic acid groups (broad SMARTS) is 1. The van der Waals surface area contributed by atoms with E-state index in [2.05, 4.69) is 10.6 Å². The van der Waals surface area contributed by atoms with E-state index in [1.165, 1.54) is 0 Å². The van der Waals surface area contributed by atoms with E-state index in [1.54, 1.807) is 4.90 Å². The normalized spacial score (nSPS) is 11.6. The molecule has 122 valence electrons. The van der Waals surface area contributed by atoms with Crippen molar-refractivity contribution in [3.05, 3.63) is 0 Å². The first kappa shape index (κ1) is 19.2. The second kappa shape index (κ2) is 10.9. The molecule has 0 spiro atoms. The van der Waals surface area contributed by atoms with Crippen LogP contribution in [0.2, 0.25) is 0 Å². The Hall–Kier alpha value is -1.79. The van der Waals surface area contributed by atoms with E-state index < -0.39 is 12.0 Å². The van der Waals surface area contributed by atoms with Crippen molar-refractivity contribution < 1.29 is 19.5 Å². The van der Waals surface area contributed by atoms with Gasteiger partial charge in [0.15, 0.2) is 0 Å². The first-order valence-electron chi connectivity index (χ1n) is 7.48. The lowest BCUT2D eigenvalue weighted by Crippen LogP contribution is -2.44. The van der Waals surface area contributed by atoms with E-state index >= 15 is 0 Å². The summed E-state index contributed by atoms with van der Waals surface area (Å²) in [6.45, 7) is 7.28. The molecule has 0 aliphatic heterocycles. The van der Waals surface area contributed by atoms with Gasteiger partial charge in [-0.05, 0) is 20.3 Å². The van der Waals surface area contributed by atoms with Gasteiger partial charge in [0.1, 0.15) is 0 Å². The van der Waals surface area contributed by atoms with E-state index in [0.29, 0.717) is 19.5 Å². The second-order valence-electron chi connectivity index (χ2n) is 4.80. The van der Waals surface area contributed by atoms with Crippen molar-refractivity contribution in [2.45, 2.75) is 52.5 Å². The Balaban J connectivity index is 4.07. The van der Waals surface area contributed by atoms with Gasteiger partial charge in [0.25, 0.3) is 0 Å². The summed E-state index contributed by atoms with van der Waals surface area (Å²) in [6, 6.07) is -0.812. The molecular weight excluding hydrogens is 274 g/mol. The molecule has 21 heavy (non-hydrogen) atoms. The summed E-state index contributed by atoms with van der Waals surface area (Å²) in [7, 11) is 0. The van der Waals surface area contributed by atoms with Crippen LogP contribution < -0.4 is 10.6 Å². The minimum Gasteiger partial charge on any atom is -0.481 e. The van der Waals surface area contributed by atoms with E-state index in [1.807, 2.05) is 20.8 Å². The van der Waals surface area contributed by atoms with E-state index in [0.717, 1.165) is 6.42 Å². The van der Waals surface area contributed by atoms with Gasteiger partial charge < -0.3 is 20.6 Å². The SMILES string of the molecule is CCCC(CC(=O)O)NC(=O)NCCC(=O)N(CC)CC. The van der Waals surface area contributed by atoms with Crippen LogP contribution in [0, 0.1) is 0 Å². The first-order valence-corrected chi connectivity index (χ1v) is 7.48. The van der Waals surface area contributed by atoms with Gasteiger partial charge in [-0.2, -0.15) is 0 Å². The fourth-order valence-electron chi connectivity index (χ4n) is 2.04. The minimum atomic E-state index is -0.939. The summed E-state index contributed by atoms with van der Waals surface area (Å²) in [4.78, 5) is 35.8. The van der Waals surface area contributed by atoms with E-state index in [4.69, 9.17) is 5.11 Å². The molecule has 0 saturated heterocycles. The maximum atomic E-state index is 11.7.